The summed E-state index contributed by atoms with van der Waals surface area (Å²) >= 11 is 16.3. The van der Waals surface area contributed by atoms with Crippen molar-refractivity contribution in [2.24, 2.45) is 0 Å². The van der Waals surface area contributed by atoms with Crippen molar-refractivity contribution >= 4 is 46.7 Å². The SMILES string of the molecule is Clc1ccc(C2(Cn3ccnc3)SCCS2)c(Cl)c1.O=[N+]([O-])O. The highest BCUT2D eigenvalue weighted by molar-refractivity contribution is 8.20. The predicted molar refractivity (Wildman–Crippen MR) is 94.1 cm³/mol. The summed E-state index contributed by atoms with van der Waals surface area (Å²) in [5.74, 6) is 2.27. The molecule has 0 spiro atoms. The second kappa shape index (κ2) is 8.14. The van der Waals surface area contributed by atoms with E-state index in [-0.39, 0.29) is 4.08 Å². The molecule has 0 bridgehead atoms. The lowest BCUT2D eigenvalue weighted by Gasteiger charge is -2.29. The first-order valence-electron chi connectivity index (χ1n) is 6.45. The zero-order valence-electron chi connectivity index (χ0n) is 11.8. The van der Waals surface area contributed by atoms with Gasteiger partial charge in [0, 0.05) is 33.9 Å². The van der Waals surface area contributed by atoms with Gasteiger partial charge in [-0.05, 0) is 17.7 Å². The third kappa shape index (κ3) is 4.94. The highest BCUT2D eigenvalue weighted by Crippen LogP contribution is 2.54. The number of thioether (sulfide) groups is 2. The summed E-state index contributed by atoms with van der Waals surface area (Å²) < 4.78 is 2.07. The first-order valence-corrected chi connectivity index (χ1v) is 9.18. The van der Waals surface area contributed by atoms with Crippen LogP contribution in [0.2, 0.25) is 10.0 Å². The first-order chi connectivity index (χ1) is 10.9. The molecule has 0 unspecified atom stereocenters. The van der Waals surface area contributed by atoms with Crippen LogP contribution in [0.25, 0.3) is 0 Å². The fourth-order valence-corrected chi connectivity index (χ4v) is 6.19. The zero-order chi connectivity index (χ0) is 16.9. The molecule has 1 aromatic heterocycles. The van der Waals surface area contributed by atoms with Crippen molar-refractivity contribution in [1.82, 2.24) is 9.55 Å². The molecule has 2 aromatic rings. The molecule has 1 saturated heterocycles. The minimum Gasteiger partial charge on any atom is -0.335 e. The van der Waals surface area contributed by atoms with E-state index in [2.05, 4.69) is 9.55 Å². The van der Waals surface area contributed by atoms with Crippen LogP contribution < -0.4 is 0 Å². The zero-order valence-corrected chi connectivity index (χ0v) is 14.9. The molecule has 1 aliphatic heterocycles. The third-order valence-electron chi connectivity index (χ3n) is 3.05. The van der Waals surface area contributed by atoms with Crippen LogP contribution in [0.5, 0.6) is 0 Å². The molecule has 6 nitrogen and oxygen atoms in total. The second-order valence-corrected chi connectivity index (χ2v) is 8.44. The number of rotatable bonds is 3. The Balaban J connectivity index is 0.000000433. The largest absolute Gasteiger partial charge is 0.335 e. The Labute approximate surface area is 151 Å². The second-order valence-electron chi connectivity index (χ2n) is 4.55. The molecule has 1 aliphatic rings. The van der Waals surface area contributed by atoms with Crippen molar-refractivity contribution < 1.29 is 10.3 Å². The number of hydrogen-bond acceptors (Lipinski definition) is 5. The van der Waals surface area contributed by atoms with Crippen molar-refractivity contribution in [3.05, 3.63) is 62.6 Å². The van der Waals surface area contributed by atoms with Gasteiger partial charge in [0.15, 0.2) is 0 Å². The van der Waals surface area contributed by atoms with Crippen LogP contribution in [0.3, 0.4) is 0 Å². The van der Waals surface area contributed by atoms with Crippen molar-refractivity contribution in [2.45, 2.75) is 10.6 Å². The van der Waals surface area contributed by atoms with E-state index in [1.165, 1.54) is 0 Å². The van der Waals surface area contributed by atoms with Gasteiger partial charge in [-0.15, -0.1) is 33.6 Å². The van der Waals surface area contributed by atoms with Gasteiger partial charge in [-0.25, -0.2) is 4.98 Å². The van der Waals surface area contributed by atoms with Gasteiger partial charge in [0.25, 0.3) is 5.09 Å². The summed E-state index contributed by atoms with van der Waals surface area (Å²) in [6, 6.07) is 5.79. The monoisotopic (exact) mass is 393 g/mol. The van der Waals surface area contributed by atoms with Gasteiger partial charge in [0.1, 0.15) is 4.08 Å². The smallest absolute Gasteiger partial charge is 0.291 e. The van der Waals surface area contributed by atoms with Crippen LogP contribution in [0.4, 0.5) is 0 Å². The Bertz CT molecular complexity index is 660. The lowest BCUT2D eigenvalue weighted by Crippen LogP contribution is -2.22. The van der Waals surface area contributed by atoms with Crippen molar-refractivity contribution in [3.63, 3.8) is 0 Å². The minimum atomic E-state index is -1.50. The fraction of sp³-hybridized carbons (Fsp3) is 0.308. The molecule has 0 radical (unpaired) electrons. The van der Waals surface area contributed by atoms with Crippen molar-refractivity contribution in [2.75, 3.05) is 11.5 Å². The maximum Gasteiger partial charge on any atom is 0.291 e. The highest BCUT2D eigenvalue weighted by Gasteiger charge is 2.39. The molecule has 0 atom stereocenters. The molecule has 1 fully saturated rings. The molecule has 0 amide bonds. The maximum absolute atomic E-state index is 8.36. The predicted octanol–water partition coefficient (Wildman–Crippen LogP) is 4.18. The molecular formula is C13H13Cl2N3O3S2. The summed E-state index contributed by atoms with van der Waals surface area (Å²) in [5.41, 5.74) is 1.15. The van der Waals surface area contributed by atoms with E-state index in [9.17, 15) is 0 Å². The van der Waals surface area contributed by atoms with E-state index in [0.717, 1.165) is 28.6 Å². The summed E-state index contributed by atoms with van der Waals surface area (Å²) in [6.45, 7) is 0.865. The van der Waals surface area contributed by atoms with E-state index in [0.29, 0.717) is 5.02 Å². The number of aromatic nitrogens is 2. The molecule has 3 rings (SSSR count). The Morgan fingerprint density at radius 2 is 2.04 bits per heavy atom. The van der Waals surface area contributed by atoms with Gasteiger partial charge in [0.05, 0.1) is 12.9 Å². The lowest BCUT2D eigenvalue weighted by molar-refractivity contribution is -0.742. The van der Waals surface area contributed by atoms with Crippen molar-refractivity contribution in [1.29, 1.82) is 0 Å². The van der Waals surface area contributed by atoms with Crippen LogP contribution in [0.15, 0.2) is 36.9 Å². The average molecular weight is 394 g/mol. The molecule has 2 heterocycles. The van der Waals surface area contributed by atoms with Crippen LogP contribution in [0.1, 0.15) is 5.56 Å². The van der Waals surface area contributed by atoms with Gasteiger partial charge in [-0.1, -0.05) is 29.3 Å². The number of nitrogens with zero attached hydrogens (tertiary/aromatic N) is 3. The van der Waals surface area contributed by atoms with Gasteiger partial charge >= 0.3 is 0 Å². The average Bonchev–Trinajstić information content (AvgIpc) is 3.11. The van der Waals surface area contributed by atoms with E-state index in [1.807, 2.05) is 54.2 Å². The topological polar surface area (TPSA) is 81.2 Å². The van der Waals surface area contributed by atoms with Gasteiger partial charge < -0.3 is 9.77 Å². The van der Waals surface area contributed by atoms with E-state index in [1.54, 1.807) is 6.20 Å². The maximum atomic E-state index is 8.36. The number of imidazole rings is 1. The summed E-state index contributed by atoms with van der Waals surface area (Å²) in [6.07, 6.45) is 5.65. The Hall–Kier alpha value is -1.09. The first kappa shape index (κ1) is 18.3. The molecule has 0 saturated carbocycles. The summed E-state index contributed by atoms with van der Waals surface area (Å²) in [4.78, 5) is 12.5. The van der Waals surface area contributed by atoms with Gasteiger partial charge in [-0.3, -0.25) is 0 Å². The Kier molecular flexibility index (Phi) is 6.46. The lowest BCUT2D eigenvalue weighted by atomic mass is 10.1. The molecule has 1 N–H and O–H groups in total. The Morgan fingerprint density at radius 1 is 1.39 bits per heavy atom. The standard InChI is InChI=1S/C13H12Cl2N2S2.HNO3/c14-10-1-2-11(12(15)7-10)13(18-5-6-19-13)8-17-4-3-16-9-17;2-1(3)4/h1-4,7,9H,5-6,8H2;(H,2,3,4). The molecule has 23 heavy (non-hydrogen) atoms. The summed E-state index contributed by atoms with van der Waals surface area (Å²) in [5, 5.41) is 15.1. The van der Waals surface area contributed by atoms with Gasteiger partial charge in [0.2, 0.25) is 0 Å². The third-order valence-corrected chi connectivity index (χ3v) is 7.01. The molecular weight excluding hydrogens is 381 g/mol. The van der Waals surface area contributed by atoms with E-state index in [4.69, 9.17) is 38.5 Å². The number of halogens is 2. The highest BCUT2D eigenvalue weighted by atomic mass is 35.5. The van der Waals surface area contributed by atoms with Crippen LogP contribution in [-0.4, -0.2) is 31.4 Å². The quantitative estimate of drug-likeness (QED) is 0.622. The normalized spacial score (nSPS) is 15.7. The molecule has 10 heteroatoms. The van der Waals surface area contributed by atoms with Crippen LogP contribution >= 0.6 is 46.7 Å². The minimum absolute atomic E-state index is 0.0393. The van der Waals surface area contributed by atoms with Crippen molar-refractivity contribution in [3.8, 4) is 0 Å². The molecule has 124 valence electrons. The van der Waals surface area contributed by atoms with Gasteiger partial charge in [-0.2, -0.15) is 0 Å². The van der Waals surface area contributed by atoms with E-state index >= 15 is 0 Å². The van der Waals surface area contributed by atoms with E-state index < -0.39 is 5.09 Å². The van der Waals surface area contributed by atoms with Crippen LogP contribution in [0, 0.1) is 10.1 Å². The summed E-state index contributed by atoms with van der Waals surface area (Å²) in [7, 11) is 0. The number of benzene rings is 1. The molecule has 1 aromatic carbocycles. The Morgan fingerprint density at radius 3 is 2.57 bits per heavy atom. The molecule has 0 aliphatic carbocycles. The fourth-order valence-electron chi connectivity index (χ4n) is 2.21. The number of hydrogen-bond donors (Lipinski definition) is 1. The van der Waals surface area contributed by atoms with Crippen LogP contribution in [-0.2, 0) is 10.6 Å².